The van der Waals surface area contributed by atoms with E-state index in [0.717, 1.165) is 0 Å². The highest BCUT2D eigenvalue weighted by molar-refractivity contribution is 6.08. The minimum absolute atomic E-state index is 0.139. The second kappa shape index (κ2) is 8.00. The zero-order valence-corrected chi connectivity index (χ0v) is 14.1. The average Bonchev–Trinajstić information content (AvgIpc) is 2.61. The van der Waals surface area contributed by atoms with E-state index in [4.69, 9.17) is 14.2 Å². The zero-order chi connectivity index (χ0) is 18.4. The summed E-state index contributed by atoms with van der Waals surface area (Å²) in [6.07, 6.45) is 0. The lowest BCUT2D eigenvalue weighted by atomic mass is 10.1. The number of anilines is 1. The van der Waals surface area contributed by atoms with Crippen molar-refractivity contribution in [2.75, 3.05) is 26.1 Å². The molecule has 0 atom stereocenters. The number of nitrogens with one attached hydrogen (secondary N) is 1. The Hall–Kier alpha value is -3.29. The van der Waals surface area contributed by atoms with Crippen molar-refractivity contribution in [3.8, 4) is 17.2 Å². The van der Waals surface area contributed by atoms with E-state index >= 15 is 0 Å². The summed E-state index contributed by atoms with van der Waals surface area (Å²) < 4.78 is 15.7. The van der Waals surface area contributed by atoms with Crippen molar-refractivity contribution in [2.24, 2.45) is 0 Å². The van der Waals surface area contributed by atoms with Crippen molar-refractivity contribution in [1.82, 2.24) is 0 Å². The minimum Gasteiger partial charge on any atom is -0.495 e. The van der Waals surface area contributed by atoms with Crippen molar-refractivity contribution >= 4 is 17.3 Å². The molecule has 0 saturated heterocycles. The molecule has 0 aliphatic rings. The van der Waals surface area contributed by atoms with E-state index in [1.807, 2.05) is 0 Å². The van der Waals surface area contributed by atoms with Crippen LogP contribution in [-0.2, 0) is 0 Å². The maximum Gasteiger partial charge on any atom is 0.286 e. The first-order valence-electron chi connectivity index (χ1n) is 7.45. The van der Waals surface area contributed by atoms with Crippen LogP contribution < -0.4 is 19.5 Å². The monoisotopic (exact) mass is 346 g/mol. The SMILES string of the molecule is CCOc1cc(C(=O)Nc2ccccc2OC)c([N+](=O)[O-])cc1OC. The molecule has 0 fully saturated rings. The summed E-state index contributed by atoms with van der Waals surface area (Å²) in [7, 11) is 2.84. The molecule has 8 nitrogen and oxygen atoms in total. The molecule has 0 bridgehead atoms. The smallest absolute Gasteiger partial charge is 0.286 e. The first kappa shape index (κ1) is 18.1. The van der Waals surface area contributed by atoms with Gasteiger partial charge in [-0.15, -0.1) is 0 Å². The molecule has 25 heavy (non-hydrogen) atoms. The van der Waals surface area contributed by atoms with Gasteiger partial charge in [-0.25, -0.2) is 0 Å². The van der Waals surface area contributed by atoms with Gasteiger partial charge in [0.15, 0.2) is 11.5 Å². The second-order valence-corrected chi connectivity index (χ2v) is 4.86. The molecule has 132 valence electrons. The van der Waals surface area contributed by atoms with E-state index in [9.17, 15) is 14.9 Å². The van der Waals surface area contributed by atoms with Crippen molar-refractivity contribution in [3.05, 3.63) is 52.1 Å². The standard InChI is InChI=1S/C17H18N2O6/c1-4-25-16-9-11(13(19(21)22)10-15(16)24-3)17(20)18-12-7-5-6-8-14(12)23-2/h5-10H,4H2,1-3H3,(H,18,20). The number of ether oxygens (including phenoxy) is 3. The van der Waals surface area contributed by atoms with E-state index < -0.39 is 10.8 Å². The van der Waals surface area contributed by atoms with Crippen molar-refractivity contribution < 1.29 is 23.9 Å². The molecule has 0 aliphatic heterocycles. The summed E-state index contributed by atoms with van der Waals surface area (Å²) in [6, 6.07) is 9.23. The van der Waals surface area contributed by atoms with Crippen LogP contribution in [0, 0.1) is 10.1 Å². The molecule has 2 aromatic carbocycles. The molecule has 0 unspecified atom stereocenters. The maximum absolute atomic E-state index is 12.6. The van der Waals surface area contributed by atoms with E-state index in [1.165, 1.54) is 26.4 Å². The number of para-hydroxylation sites is 2. The van der Waals surface area contributed by atoms with Gasteiger partial charge in [-0.05, 0) is 19.1 Å². The molecule has 1 N–H and O–H groups in total. The zero-order valence-electron chi connectivity index (χ0n) is 14.1. The number of nitro benzene ring substituents is 1. The van der Waals surface area contributed by atoms with Gasteiger partial charge in [0.05, 0.1) is 37.5 Å². The molecule has 2 rings (SSSR count). The molecule has 0 aliphatic carbocycles. The van der Waals surface area contributed by atoms with E-state index in [1.54, 1.807) is 31.2 Å². The third kappa shape index (κ3) is 3.97. The van der Waals surface area contributed by atoms with Crippen LogP contribution in [0.5, 0.6) is 17.2 Å². The van der Waals surface area contributed by atoms with Gasteiger partial charge in [0.1, 0.15) is 11.3 Å². The van der Waals surface area contributed by atoms with Crippen LogP contribution in [0.15, 0.2) is 36.4 Å². The number of hydrogen-bond donors (Lipinski definition) is 1. The van der Waals surface area contributed by atoms with Gasteiger partial charge in [-0.1, -0.05) is 12.1 Å². The van der Waals surface area contributed by atoms with E-state index in [2.05, 4.69) is 5.32 Å². The summed E-state index contributed by atoms with van der Waals surface area (Å²) in [5, 5.41) is 14.0. The second-order valence-electron chi connectivity index (χ2n) is 4.86. The van der Waals surface area contributed by atoms with Crippen LogP contribution in [0.25, 0.3) is 0 Å². The third-order valence-electron chi connectivity index (χ3n) is 3.38. The number of hydrogen-bond acceptors (Lipinski definition) is 6. The van der Waals surface area contributed by atoms with Gasteiger partial charge in [-0.2, -0.15) is 0 Å². The summed E-state index contributed by atoms with van der Waals surface area (Å²) in [5.41, 5.74) is -0.120. The number of carbonyl (C=O) groups excluding carboxylic acids is 1. The lowest BCUT2D eigenvalue weighted by molar-refractivity contribution is -0.385. The van der Waals surface area contributed by atoms with Crippen LogP contribution in [0.4, 0.5) is 11.4 Å². The Morgan fingerprint density at radius 2 is 1.80 bits per heavy atom. The molecule has 0 heterocycles. The quantitative estimate of drug-likeness (QED) is 0.610. The van der Waals surface area contributed by atoms with Crippen LogP contribution >= 0.6 is 0 Å². The molecular formula is C17H18N2O6. The van der Waals surface area contributed by atoms with Crippen LogP contribution in [0.2, 0.25) is 0 Å². The molecule has 0 radical (unpaired) electrons. The van der Waals surface area contributed by atoms with Gasteiger partial charge in [0, 0.05) is 6.07 Å². The summed E-state index contributed by atoms with van der Waals surface area (Å²) >= 11 is 0. The maximum atomic E-state index is 12.6. The summed E-state index contributed by atoms with van der Waals surface area (Å²) in [4.78, 5) is 23.3. The van der Waals surface area contributed by atoms with Crippen molar-refractivity contribution in [3.63, 3.8) is 0 Å². The first-order valence-corrected chi connectivity index (χ1v) is 7.45. The molecular weight excluding hydrogens is 328 g/mol. The Balaban J connectivity index is 2.46. The largest absolute Gasteiger partial charge is 0.495 e. The summed E-state index contributed by atoms with van der Waals surface area (Å²) in [5.74, 6) is 0.222. The van der Waals surface area contributed by atoms with E-state index in [0.29, 0.717) is 18.0 Å². The number of rotatable bonds is 7. The fourth-order valence-electron chi connectivity index (χ4n) is 2.25. The van der Waals surface area contributed by atoms with Crippen molar-refractivity contribution in [2.45, 2.75) is 6.92 Å². The Morgan fingerprint density at radius 3 is 2.40 bits per heavy atom. The number of amides is 1. The van der Waals surface area contributed by atoms with Gasteiger partial charge in [0.2, 0.25) is 0 Å². The third-order valence-corrected chi connectivity index (χ3v) is 3.38. The minimum atomic E-state index is -0.653. The van der Waals surface area contributed by atoms with Crippen LogP contribution in [0.3, 0.4) is 0 Å². The molecule has 0 saturated carbocycles. The van der Waals surface area contributed by atoms with Gasteiger partial charge in [0.25, 0.3) is 11.6 Å². The molecule has 2 aromatic rings. The highest BCUT2D eigenvalue weighted by Crippen LogP contribution is 2.35. The lowest BCUT2D eigenvalue weighted by Gasteiger charge is -2.13. The molecule has 8 heteroatoms. The summed E-state index contributed by atoms with van der Waals surface area (Å²) in [6.45, 7) is 2.08. The normalized spacial score (nSPS) is 10.0. The first-order chi connectivity index (χ1) is 12.0. The molecule has 0 aromatic heterocycles. The number of nitro groups is 1. The predicted molar refractivity (Wildman–Crippen MR) is 91.8 cm³/mol. The predicted octanol–water partition coefficient (Wildman–Crippen LogP) is 3.26. The highest BCUT2D eigenvalue weighted by Gasteiger charge is 2.25. The van der Waals surface area contributed by atoms with E-state index in [-0.39, 0.29) is 22.7 Å². The van der Waals surface area contributed by atoms with Crippen LogP contribution in [-0.4, -0.2) is 31.7 Å². The Morgan fingerprint density at radius 1 is 1.12 bits per heavy atom. The number of methoxy groups -OCH3 is 2. The Bertz CT molecular complexity index is 791. The van der Waals surface area contributed by atoms with Gasteiger partial charge in [-0.3, -0.25) is 14.9 Å². The van der Waals surface area contributed by atoms with Gasteiger partial charge >= 0.3 is 0 Å². The fraction of sp³-hybridized carbons (Fsp3) is 0.235. The number of nitrogens with zero attached hydrogens (tertiary/aromatic N) is 1. The topological polar surface area (TPSA) is 99.9 Å². The molecule has 1 amide bonds. The van der Waals surface area contributed by atoms with Gasteiger partial charge < -0.3 is 19.5 Å². The number of carbonyl (C=O) groups is 1. The number of benzene rings is 2. The average molecular weight is 346 g/mol. The Labute approximate surface area is 144 Å². The fourth-order valence-corrected chi connectivity index (χ4v) is 2.25. The van der Waals surface area contributed by atoms with Crippen LogP contribution in [0.1, 0.15) is 17.3 Å². The lowest BCUT2D eigenvalue weighted by Crippen LogP contribution is -2.15. The highest BCUT2D eigenvalue weighted by atomic mass is 16.6. The van der Waals surface area contributed by atoms with Crippen molar-refractivity contribution in [1.29, 1.82) is 0 Å². The Kier molecular flexibility index (Phi) is 5.78. The molecule has 0 spiro atoms.